The number of rotatable bonds is 5. The van der Waals surface area contributed by atoms with Crippen LogP contribution >= 0.6 is 0 Å². The van der Waals surface area contributed by atoms with E-state index in [0.717, 1.165) is 24.3 Å². The molecular formula is C12H15N3O. The minimum Gasteiger partial charge on any atom is -0.486 e. The molecule has 84 valence electrons. The van der Waals surface area contributed by atoms with E-state index in [9.17, 15) is 0 Å². The molecule has 0 aliphatic carbocycles. The highest BCUT2D eigenvalue weighted by molar-refractivity contribution is 5.14. The van der Waals surface area contributed by atoms with Crippen LogP contribution in [0.4, 0.5) is 0 Å². The van der Waals surface area contributed by atoms with Crippen LogP contribution < -0.4 is 4.74 Å². The first kappa shape index (κ1) is 10.7. The van der Waals surface area contributed by atoms with Crippen LogP contribution in [0.1, 0.15) is 18.9 Å². The van der Waals surface area contributed by atoms with E-state index < -0.39 is 0 Å². The first-order chi connectivity index (χ1) is 7.88. The van der Waals surface area contributed by atoms with E-state index in [1.54, 1.807) is 18.6 Å². The molecule has 0 aliphatic heterocycles. The molecule has 4 nitrogen and oxygen atoms in total. The second-order valence-electron chi connectivity index (χ2n) is 3.59. The molecule has 0 radical (unpaired) electrons. The quantitative estimate of drug-likeness (QED) is 0.771. The summed E-state index contributed by atoms with van der Waals surface area (Å²) in [6.07, 6.45) is 8.29. The molecule has 16 heavy (non-hydrogen) atoms. The van der Waals surface area contributed by atoms with Gasteiger partial charge in [-0.2, -0.15) is 5.10 Å². The van der Waals surface area contributed by atoms with E-state index in [0.29, 0.717) is 6.61 Å². The van der Waals surface area contributed by atoms with Gasteiger partial charge in [0, 0.05) is 24.5 Å². The average Bonchev–Trinajstić information content (AvgIpc) is 2.76. The van der Waals surface area contributed by atoms with Crippen molar-refractivity contribution >= 4 is 0 Å². The van der Waals surface area contributed by atoms with Gasteiger partial charge in [0.15, 0.2) is 5.75 Å². The van der Waals surface area contributed by atoms with Crippen molar-refractivity contribution in [1.82, 2.24) is 14.8 Å². The minimum atomic E-state index is 0.533. The molecule has 0 saturated heterocycles. The highest BCUT2D eigenvalue weighted by Gasteiger charge is 1.99. The lowest BCUT2D eigenvalue weighted by Crippen LogP contribution is -1.96. The smallest absolute Gasteiger partial charge is 0.157 e. The van der Waals surface area contributed by atoms with Crippen molar-refractivity contribution in [3.05, 3.63) is 42.5 Å². The maximum atomic E-state index is 5.60. The summed E-state index contributed by atoms with van der Waals surface area (Å²) in [5.41, 5.74) is 1.06. The molecule has 0 bridgehead atoms. The molecule has 0 amide bonds. The van der Waals surface area contributed by atoms with Gasteiger partial charge in [0.2, 0.25) is 0 Å². The molecule has 0 fully saturated rings. The maximum absolute atomic E-state index is 5.60. The average molecular weight is 217 g/mol. The van der Waals surface area contributed by atoms with E-state index in [4.69, 9.17) is 4.74 Å². The SMILES string of the molecule is CCCn1cc(OCc2cccnc2)cn1. The Morgan fingerprint density at radius 1 is 1.38 bits per heavy atom. The van der Waals surface area contributed by atoms with Gasteiger partial charge in [0.25, 0.3) is 0 Å². The molecule has 2 aromatic rings. The van der Waals surface area contributed by atoms with Crippen LogP contribution in [0, 0.1) is 0 Å². The van der Waals surface area contributed by atoms with Crippen molar-refractivity contribution in [2.45, 2.75) is 26.5 Å². The number of hydrogen-bond acceptors (Lipinski definition) is 3. The number of nitrogens with zero attached hydrogens (tertiary/aromatic N) is 3. The normalized spacial score (nSPS) is 10.3. The lowest BCUT2D eigenvalue weighted by atomic mass is 10.3. The Hall–Kier alpha value is -1.84. The van der Waals surface area contributed by atoms with Crippen molar-refractivity contribution in [1.29, 1.82) is 0 Å². The van der Waals surface area contributed by atoms with Crippen molar-refractivity contribution in [2.24, 2.45) is 0 Å². The Bertz CT molecular complexity index is 425. The second-order valence-corrected chi connectivity index (χ2v) is 3.59. The predicted molar refractivity (Wildman–Crippen MR) is 61.1 cm³/mol. The molecule has 0 unspecified atom stereocenters. The Morgan fingerprint density at radius 2 is 2.31 bits per heavy atom. The Labute approximate surface area is 94.9 Å². The number of aryl methyl sites for hydroxylation is 1. The van der Waals surface area contributed by atoms with Gasteiger partial charge in [-0.05, 0) is 12.5 Å². The summed E-state index contributed by atoms with van der Waals surface area (Å²) in [5.74, 6) is 0.803. The lowest BCUT2D eigenvalue weighted by molar-refractivity contribution is 0.305. The van der Waals surface area contributed by atoms with Gasteiger partial charge in [0.05, 0.1) is 12.4 Å². The second kappa shape index (κ2) is 5.30. The summed E-state index contributed by atoms with van der Waals surface area (Å²) < 4.78 is 7.48. The summed E-state index contributed by atoms with van der Waals surface area (Å²) in [5, 5.41) is 4.19. The van der Waals surface area contributed by atoms with Gasteiger partial charge in [-0.1, -0.05) is 13.0 Å². The summed E-state index contributed by atoms with van der Waals surface area (Å²) in [6.45, 7) is 3.58. The number of pyridine rings is 1. The Morgan fingerprint density at radius 3 is 3.06 bits per heavy atom. The van der Waals surface area contributed by atoms with Crippen molar-refractivity contribution in [2.75, 3.05) is 0 Å². The zero-order chi connectivity index (χ0) is 11.2. The predicted octanol–water partition coefficient (Wildman–Crippen LogP) is 2.27. The summed E-state index contributed by atoms with van der Waals surface area (Å²) in [4.78, 5) is 4.03. The van der Waals surface area contributed by atoms with Crippen molar-refractivity contribution < 1.29 is 4.74 Å². The minimum absolute atomic E-state index is 0.533. The molecule has 2 heterocycles. The van der Waals surface area contributed by atoms with Crippen molar-refractivity contribution in [3.8, 4) is 5.75 Å². The first-order valence-corrected chi connectivity index (χ1v) is 5.42. The van der Waals surface area contributed by atoms with Crippen molar-refractivity contribution in [3.63, 3.8) is 0 Å². The van der Waals surface area contributed by atoms with Crippen LogP contribution in [0.2, 0.25) is 0 Å². The highest BCUT2D eigenvalue weighted by Crippen LogP contribution is 2.11. The zero-order valence-corrected chi connectivity index (χ0v) is 9.34. The van der Waals surface area contributed by atoms with Gasteiger partial charge in [-0.15, -0.1) is 0 Å². The van der Waals surface area contributed by atoms with Crippen LogP contribution in [0.25, 0.3) is 0 Å². The maximum Gasteiger partial charge on any atom is 0.157 e. The summed E-state index contributed by atoms with van der Waals surface area (Å²) >= 11 is 0. The lowest BCUT2D eigenvalue weighted by Gasteiger charge is -2.02. The topological polar surface area (TPSA) is 39.9 Å². The largest absolute Gasteiger partial charge is 0.486 e. The third-order valence-electron chi connectivity index (χ3n) is 2.19. The van der Waals surface area contributed by atoms with E-state index in [1.807, 2.05) is 23.0 Å². The van der Waals surface area contributed by atoms with Crippen LogP contribution in [0.15, 0.2) is 36.9 Å². The van der Waals surface area contributed by atoms with Gasteiger partial charge in [-0.25, -0.2) is 0 Å². The molecule has 0 atom stereocenters. The molecule has 2 rings (SSSR count). The van der Waals surface area contributed by atoms with Crippen LogP contribution in [0.5, 0.6) is 5.75 Å². The molecule has 0 saturated carbocycles. The van der Waals surface area contributed by atoms with Gasteiger partial charge >= 0.3 is 0 Å². The van der Waals surface area contributed by atoms with Crippen LogP contribution in [-0.2, 0) is 13.2 Å². The van der Waals surface area contributed by atoms with E-state index in [-0.39, 0.29) is 0 Å². The number of hydrogen-bond donors (Lipinski definition) is 0. The van der Waals surface area contributed by atoms with Gasteiger partial charge < -0.3 is 4.74 Å². The number of ether oxygens (including phenoxy) is 1. The Balaban J connectivity index is 1.89. The summed E-state index contributed by atoms with van der Waals surface area (Å²) in [6, 6.07) is 3.89. The standard InChI is InChI=1S/C12H15N3O/c1-2-6-15-9-12(8-14-15)16-10-11-4-3-5-13-7-11/h3-5,7-9H,2,6,10H2,1H3. The van der Waals surface area contributed by atoms with E-state index >= 15 is 0 Å². The molecule has 4 heteroatoms. The van der Waals surface area contributed by atoms with E-state index in [2.05, 4.69) is 17.0 Å². The molecule has 2 aromatic heterocycles. The molecule has 0 aliphatic rings. The summed E-state index contributed by atoms with van der Waals surface area (Å²) in [7, 11) is 0. The highest BCUT2D eigenvalue weighted by atomic mass is 16.5. The third-order valence-corrected chi connectivity index (χ3v) is 2.19. The fraction of sp³-hybridized carbons (Fsp3) is 0.333. The molecule has 0 aromatic carbocycles. The van der Waals surface area contributed by atoms with Gasteiger partial charge in [0.1, 0.15) is 6.61 Å². The number of aromatic nitrogens is 3. The van der Waals surface area contributed by atoms with Crippen LogP contribution in [0.3, 0.4) is 0 Å². The third kappa shape index (κ3) is 2.82. The molecule has 0 N–H and O–H groups in total. The molecular weight excluding hydrogens is 202 g/mol. The van der Waals surface area contributed by atoms with E-state index in [1.165, 1.54) is 0 Å². The molecule has 0 spiro atoms. The fourth-order valence-corrected chi connectivity index (χ4v) is 1.42. The zero-order valence-electron chi connectivity index (χ0n) is 9.34. The first-order valence-electron chi connectivity index (χ1n) is 5.42. The van der Waals surface area contributed by atoms with Crippen LogP contribution in [-0.4, -0.2) is 14.8 Å². The monoisotopic (exact) mass is 217 g/mol. The van der Waals surface area contributed by atoms with Gasteiger partial charge in [-0.3, -0.25) is 9.67 Å². The Kier molecular flexibility index (Phi) is 3.53. The fourth-order valence-electron chi connectivity index (χ4n) is 1.42.